The highest BCUT2D eigenvalue weighted by molar-refractivity contribution is 7.89. The zero-order valence-electron chi connectivity index (χ0n) is 11.1. The SMILES string of the molecule is CCOCCOC(=O)c1cc([N+](=O)[O-])cc(S(N)(=O)=O)c1. The number of primary sulfonamides is 1. The molecule has 0 aliphatic rings. The number of hydrogen-bond acceptors (Lipinski definition) is 7. The van der Waals surface area contributed by atoms with Crippen LogP contribution in [-0.2, 0) is 19.5 Å². The zero-order chi connectivity index (χ0) is 16.0. The smallest absolute Gasteiger partial charge is 0.338 e. The summed E-state index contributed by atoms with van der Waals surface area (Å²) < 4.78 is 32.3. The number of nitro groups is 1. The van der Waals surface area contributed by atoms with Crippen LogP contribution in [0, 0.1) is 10.1 Å². The van der Waals surface area contributed by atoms with Crippen molar-refractivity contribution in [3.63, 3.8) is 0 Å². The number of nitrogens with two attached hydrogens (primary N) is 1. The Balaban J connectivity index is 3.03. The molecule has 0 bridgehead atoms. The number of hydrogen-bond donors (Lipinski definition) is 1. The third kappa shape index (κ3) is 5.10. The predicted octanol–water partition coefficient (Wildman–Crippen LogP) is 0.436. The van der Waals surface area contributed by atoms with Crippen LogP contribution in [0.5, 0.6) is 0 Å². The largest absolute Gasteiger partial charge is 0.460 e. The molecule has 0 atom stereocenters. The first kappa shape index (κ1) is 17.0. The highest BCUT2D eigenvalue weighted by Crippen LogP contribution is 2.20. The zero-order valence-corrected chi connectivity index (χ0v) is 12.0. The Labute approximate surface area is 120 Å². The van der Waals surface area contributed by atoms with Crippen molar-refractivity contribution in [1.82, 2.24) is 0 Å². The van der Waals surface area contributed by atoms with E-state index in [2.05, 4.69) is 0 Å². The van der Waals surface area contributed by atoms with Crippen LogP contribution in [0.25, 0.3) is 0 Å². The first-order chi connectivity index (χ1) is 9.75. The summed E-state index contributed by atoms with van der Waals surface area (Å²) in [7, 11) is -4.18. The van der Waals surface area contributed by atoms with Crippen molar-refractivity contribution in [2.24, 2.45) is 5.14 Å². The number of rotatable bonds is 7. The van der Waals surface area contributed by atoms with Crippen molar-refractivity contribution in [2.75, 3.05) is 19.8 Å². The number of nitrogens with zero attached hydrogens (tertiary/aromatic N) is 1. The molecule has 0 aliphatic carbocycles. The van der Waals surface area contributed by atoms with Crippen LogP contribution in [-0.4, -0.2) is 39.1 Å². The predicted molar refractivity (Wildman–Crippen MR) is 71.2 cm³/mol. The second-order valence-corrected chi connectivity index (χ2v) is 5.41. The van der Waals surface area contributed by atoms with Gasteiger partial charge < -0.3 is 9.47 Å². The van der Waals surface area contributed by atoms with E-state index in [9.17, 15) is 23.3 Å². The minimum absolute atomic E-state index is 0.0555. The Morgan fingerprint density at radius 3 is 2.52 bits per heavy atom. The van der Waals surface area contributed by atoms with Gasteiger partial charge in [-0.05, 0) is 13.0 Å². The molecule has 0 saturated heterocycles. The Bertz CT molecular complexity index is 642. The van der Waals surface area contributed by atoms with Gasteiger partial charge >= 0.3 is 5.97 Å². The summed E-state index contributed by atoms with van der Waals surface area (Å²) >= 11 is 0. The Morgan fingerprint density at radius 1 is 1.33 bits per heavy atom. The maximum absolute atomic E-state index is 11.7. The molecule has 1 aromatic rings. The molecular weight excluding hydrogens is 304 g/mol. The van der Waals surface area contributed by atoms with E-state index < -0.39 is 31.5 Å². The van der Waals surface area contributed by atoms with Gasteiger partial charge in [0.05, 0.1) is 22.0 Å². The molecule has 1 rings (SSSR count). The van der Waals surface area contributed by atoms with Crippen LogP contribution in [0.2, 0.25) is 0 Å². The van der Waals surface area contributed by atoms with E-state index >= 15 is 0 Å². The van der Waals surface area contributed by atoms with Gasteiger partial charge in [0.25, 0.3) is 5.69 Å². The molecule has 0 heterocycles. The molecule has 0 fully saturated rings. The molecule has 0 unspecified atom stereocenters. The molecule has 21 heavy (non-hydrogen) atoms. The number of carbonyl (C=O) groups excluding carboxylic acids is 1. The van der Waals surface area contributed by atoms with Gasteiger partial charge in [0.1, 0.15) is 6.61 Å². The van der Waals surface area contributed by atoms with Crippen LogP contribution in [0.15, 0.2) is 23.1 Å². The summed E-state index contributed by atoms with van der Waals surface area (Å²) in [6, 6.07) is 2.61. The van der Waals surface area contributed by atoms with Crippen LogP contribution >= 0.6 is 0 Å². The summed E-state index contributed by atoms with van der Waals surface area (Å²) in [5.41, 5.74) is -0.844. The van der Waals surface area contributed by atoms with Crippen LogP contribution in [0.4, 0.5) is 5.69 Å². The van der Waals surface area contributed by atoms with Crippen LogP contribution in [0.1, 0.15) is 17.3 Å². The molecule has 0 spiro atoms. The molecule has 0 amide bonds. The third-order valence-electron chi connectivity index (χ3n) is 2.33. The van der Waals surface area contributed by atoms with E-state index in [1.54, 1.807) is 6.92 Å². The van der Waals surface area contributed by atoms with E-state index in [0.717, 1.165) is 18.2 Å². The molecule has 0 radical (unpaired) electrons. The van der Waals surface area contributed by atoms with Gasteiger partial charge in [-0.1, -0.05) is 0 Å². The molecule has 0 saturated carbocycles. The third-order valence-corrected chi connectivity index (χ3v) is 3.22. The minimum Gasteiger partial charge on any atom is -0.460 e. The lowest BCUT2D eigenvalue weighted by molar-refractivity contribution is -0.385. The van der Waals surface area contributed by atoms with E-state index in [0.29, 0.717) is 6.61 Å². The monoisotopic (exact) mass is 318 g/mol. The number of ether oxygens (including phenoxy) is 2. The minimum atomic E-state index is -4.18. The Kier molecular flexibility index (Phi) is 5.76. The number of nitro benzene ring substituents is 1. The molecule has 10 heteroatoms. The normalized spacial score (nSPS) is 11.1. The van der Waals surface area contributed by atoms with Crippen molar-refractivity contribution in [1.29, 1.82) is 0 Å². The van der Waals surface area contributed by atoms with E-state index in [-0.39, 0.29) is 18.8 Å². The maximum Gasteiger partial charge on any atom is 0.338 e. The fourth-order valence-corrected chi connectivity index (χ4v) is 1.97. The number of esters is 1. The summed E-state index contributed by atoms with van der Waals surface area (Å²) in [6.45, 7) is 2.32. The number of sulfonamides is 1. The lowest BCUT2D eigenvalue weighted by Gasteiger charge is -2.06. The van der Waals surface area contributed by atoms with E-state index in [1.807, 2.05) is 0 Å². The molecule has 0 aliphatic heterocycles. The maximum atomic E-state index is 11.7. The van der Waals surface area contributed by atoms with Crippen molar-refractivity contribution < 1.29 is 27.6 Å². The summed E-state index contributed by atoms with van der Waals surface area (Å²) in [4.78, 5) is 21.1. The molecule has 1 aromatic carbocycles. The number of non-ortho nitro benzene ring substituents is 1. The van der Waals surface area contributed by atoms with E-state index in [1.165, 1.54) is 0 Å². The van der Waals surface area contributed by atoms with Gasteiger partial charge in [-0.3, -0.25) is 10.1 Å². The van der Waals surface area contributed by atoms with Gasteiger partial charge in [-0.15, -0.1) is 0 Å². The first-order valence-corrected chi connectivity index (χ1v) is 7.37. The second kappa shape index (κ2) is 7.11. The first-order valence-electron chi connectivity index (χ1n) is 5.83. The molecule has 116 valence electrons. The van der Waals surface area contributed by atoms with Gasteiger partial charge in [0.2, 0.25) is 10.0 Å². The number of benzene rings is 1. The van der Waals surface area contributed by atoms with Crippen LogP contribution in [0.3, 0.4) is 0 Å². The Morgan fingerprint density at radius 2 is 2.00 bits per heavy atom. The Hall–Kier alpha value is -2.04. The average Bonchev–Trinajstić information content (AvgIpc) is 2.41. The quantitative estimate of drug-likeness (QED) is 0.333. The van der Waals surface area contributed by atoms with Gasteiger partial charge in [0.15, 0.2) is 0 Å². The fourth-order valence-electron chi connectivity index (χ4n) is 1.39. The van der Waals surface area contributed by atoms with Gasteiger partial charge in [-0.2, -0.15) is 0 Å². The molecular formula is C11H14N2O7S. The highest BCUT2D eigenvalue weighted by Gasteiger charge is 2.20. The summed E-state index contributed by atoms with van der Waals surface area (Å²) in [5, 5.41) is 15.7. The summed E-state index contributed by atoms with van der Waals surface area (Å²) in [6.07, 6.45) is 0. The molecule has 0 aromatic heterocycles. The molecule has 2 N–H and O–H groups in total. The van der Waals surface area contributed by atoms with Crippen molar-refractivity contribution in [3.8, 4) is 0 Å². The lowest BCUT2D eigenvalue weighted by atomic mass is 10.2. The van der Waals surface area contributed by atoms with Crippen molar-refractivity contribution >= 4 is 21.7 Å². The second-order valence-electron chi connectivity index (χ2n) is 3.85. The van der Waals surface area contributed by atoms with Gasteiger partial charge in [-0.25, -0.2) is 18.4 Å². The standard InChI is InChI=1S/C11H14N2O7S/c1-2-19-3-4-20-11(14)8-5-9(13(15)16)7-10(6-8)21(12,17)18/h5-7H,2-4H2,1H3,(H2,12,17,18). The topological polar surface area (TPSA) is 139 Å². The van der Waals surface area contributed by atoms with Crippen molar-refractivity contribution in [2.45, 2.75) is 11.8 Å². The fraction of sp³-hybridized carbons (Fsp3) is 0.364. The summed E-state index contributed by atoms with van der Waals surface area (Å²) in [5.74, 6) is -0.900. The lowest BCUT2D eigenvalue weighted by Crippen LogP contribution is -2.15. The van der Waals surface area contributed by atoms with E-state index in [4.69, 9.17) is 14.6 Å². The highest BCUT2D eigenvalue weighted by atomic mass is 32.2. The van der Waals surface area contributed by atoms with Crippen molar-refractivity contribution in [3.05, 3.63) is 33.9 Å². The van der Waals surface area contributed by atoms with Gasteiger partial charge in [0, 0.05) is 18.7 Å². The van der Waals surface area contributed by atoms with Crippen LogP contribution < -0.4 is 5.14 Å². The average molecular weight is 318 g/mol. The molecule has 9 nitrogen and oxygen atoms in total. The number of carbonyl (C=O) groups is 1.